The Morgan fingerprint density at radius 3 is 2.22 bits per heavy atom. The molecule has 0 aliphatic carbocycles. The number of carbonyl (C=O) groups is 1. The summed E-state index contributed by atoms with van der Waals surface area (Å²) in [5, 5.41) is 7.22. The molecule has 1 aliphatic rings. The molecule has 0 unspecified atom stereocenters. The van der Waals surface area contributed by atoms with Gasteiger partial charge in [-0.1, -0.05) is 52.7 Å². The van der Waals surface area contributed by atoms with Crippen molar-refractivity contribution in [2.24, 2.45) is 0 Å². The Morgan fingerprint density at radius 2 is 1.56 bits per heavy atom. The fourth-order valence-corrected chi connectivity index (χ4v) is 4.20. The molecule has 168 valence electrons. The summed E-state index contributed by atoms with van der Waals surface area (Å²) in [4.78, 5) is 21.6. The van der Waals surface area contributed by atoms with Gasteiger partial charge in [-0.3, -0.25) is 14.6 Å². The van der Waals surface area contributed by atoms with E-state index in [0.29, 0.717) is 24.8 Å². The second-order valence-corrected chi connectivity index (χ2v) is 8.75. The van der Waals surface area contributed by atoms with E-state index < -0.39 is 0 Å². The number of hydrogen-bond acceptors (Lipinski definition) is 6. The molecule has 1 N–H and O–H groups in total. The third-order valence-electron chi connectivity index (χ3n) is 5.91. The monoisotopic (exact) mass is 433 g/mol. The minimum atomic E-state index is 0.0353. The van der Waals surface area contributed by atoms with Gasteiger partial charge < -0.3 is 9.84 Å². The topological polar surface area (TPSA) is 74.5 Å². The highest BCUT2D eigenvalue weighted by molar-refractivity contribution is 5.93. The zero-order chi connectivity index (χ0) is 22.7. The highest BCUT2D eigenvalue weighted by atomic mass is 16.5. The van der Waals surface area contributed by atoms with Gasteiger partial charge in [0.15, 0.2) is 0 Å². The average Bonchev–Trinajstić information content (AvgIpc) is 3.21. The Kier molecular flexibility index (Phi) is 6.67. The maximum atomic E-state index is 12.6. The van der Waals surface area contributed by atoms with Crippen LogP contribution in [0.4, 0.5) is 5.69 Å². The maximum Gasteiger partial charge on any atom is 0.241 e. The van der Waals surface area contributed by atoms with E-state index in [1.165, 1.54) is 11.1 Å². The molecule has 0 bridgehead atoms. The summed E-state index contributed by atoms with van der Waals surface area (Å²) in [7, 11) is 0. The minimum Gasteiger partial charge on any atom is -0.338 e. The first-order valence-electron chi connectivity index (χ1n) is 11.1. The third-order valence-corrected chi connectivity index (χ3v) is 5.91. The molecule has 0 saturated carbocycles. The van der Waals surface area contributed by atoms with Crippen molar-refractivity contribution < 1.29 is 9.32 Å². The van der Waals surface area contributed by atoms with Crippen LogP contribution in [0, 0.1) is 27.7 Å². The molecule has 4 rings (SSSR count). The second kappa shape index (κ2) is 9.63. The number of carbonyl (C=O) groups excluding carboxylic acids is 1. The highest BCUT2D eigenvalue weighted by Gasteiger charge is 2.21. The van der Waals surface area contributed by atoms with E-state index >= 15 is 0 Å². The van der Waals surface area contributed by atoms with E-state index in [9.17, 15) is 4.79 Å². The van der Waals surface area contributed by atoms with Crippen LogP contribution in [0.1, 0.15) is 28.1 Å². The molecular formula is C25H31N5O2. The number of amides is 1. The van der Waals surface area contributed by atoms with Gasteiger partial charge in [-0.15, -0.1) is 0 Å². The standard InChI is InChI=1S/C25H31N5O2/c1-17-5-7-21(8-6-17)25-27-23(32-28-25)16-30-11-9-29(10-12-30)15-22(31)26-24-19(3)13-18(2)14-20(24)4/h5-8,13-14H,9-12,15-16H2,1-4H3,(H,26,31). The molecule has 1 aromatic heterocycles. The Hall–Kier alpha value is -3.03. The maximum absolute atomic E-state index is 12.6. The SMILES string of the molecule is Cc1ccc(-c2noc(CN3CCN(CC(=O)Nc4c(C)cc(C)cc4C)CC3)n2)cc1. The van der Waals surface area contributed by atoms with Crippen LogP contribution in [-0.4, -0.2) is 58.6 Å². The number of benzene rings is 2. The molecule has 7 nitrogen and oxygen atoms in total. The normalized spacial score (nSPS) is 15.1. The Morgan fingerprint density at radius 1 is 0.938 bits per heavy atom. The van der Waals surface area contributed by atoms with Gasteiger partial charge in [0.1, 0.15) is 0 Å². The van der Waals surface area contributed by atoms with Crippen LogP contribution in [0.3, 0.4) is 0 Å². The van der Waals surface area contributed by atoms with E-state index in [1.807, 2.05) is 38.1 Å². The van der Waals surface area contributed by atoms with E-state index in [0.717, 1.165) is 48.6 Å². The van der Waals surface area contributed by atoms with Crippen LogP contribution in [0.2, 0.25) is 0 Å². The van der Waals surface area contributed by atoms with Crippen LogP contribution in [0.5, 0.6) is 0 Å². The Labute approximate surface area is 189 Å². The molecule has 2 heterocycles. The summed E-state index contributed by atoms with van der Waals surface area (Å²) in [6, 6.07) is 12.3. The van der Waals surface area contributed by atoms with Gasteiger partial charge in [-0.05, 0) is 38.8 Å². The summed E-state index contributed by atoms with van der Waals surface area (Å²) >= 11 is 0. The Bertz CT molecular complexity index is 1060. The first-order valence-corrected chi connectivity index (χ1v) is 11.1. The lowest BCUT2D eigenvalue weighted by Crippen LogP contribution is -2.48. The zero-order valence-electron chi connectivity index (χ0n) is 19.3. The number of piperazine rings is 1. The highest BCUT2D eigenvalue weighted by Crippen LogP contribution is 2.22. The van der Waals surface area contributed by atoms with Gasteiger partial charge in [0.05, 0.1) is 13.1 Å². The third kappa shape index (κ3) is 5.41. The fourth-order valence-electron chi connectivity index (χ4n) is 4.20. The summed E-state index contributed by atoms with van der Waals surface area (Å²) in [5.74, 6) is 1.28. The van der Waals surface area contributed by atoms with Crippen LogP contribution in [0.25, 0.3) is 11.4 Å². The number of aromatic nitrogens is 2. The second-order valence-electron chi connectivity index (χ2n) is 8.75. The van der Waals surface area contributed by atoms with E-state index in [1.54, 1.807) is 0 Å². The lowest BCUT2D eigenvalue weighted by molar-refractivity contribution is -0.117. The first-order chi connectivity index (χ1) is 15.4. The zero-order valence-corrected chi connectivity index (χ0v) is 19.3. The molecule has 32 heavy (non-hydrogen) atoms. The predicted octanol–water partition coefficient (Wildman–Crippen LogP) is 3.73. The van der Waals surface area contributed by atoms with Gasteiger partial charge in [0.2, 0.25) is 17.6 Å². The van der Waals surface area contributed by atoms with Crippen molar-refractivity contribution >= 4 is 11.6 Å². The molecule has 0 radical (unpaired) electrons. The molecule has 1 amide bonds. The lowest BCUT2D eigenvalue weighted by atomic mass is 10.1. The van der Waals surface area contributed by atoms with Gasteiger partial charge in [-0.25, -0.2) is 0 Å². The summed E-state index contributed by atoms with van der Waals surface area (Å²) in [5.41, 5.74) is 6.51. The molecule has 0 spiro atoms. The van der Waals surface area contributed by atoms with Crippen molar-refractivity contribution in [3.05, 3.63) is 64.5 Å². The molecule has 7 heteroatoms. The largest absolute Gasteiger partial charge is 0.338 e. The number of rotatable bonds is 6. The molecule has 0 atom stereocenters. The van der Waals surface area contributed by atoms with E-state index in [-0.39, 0.29) is 5.91 Å². The van der Waals surface area contributed by atoms with Crippen LogP contribution in [0.15, 0.2) is 40.9 Å². The van der Waals surface area contributed by atoms with Crippen LogP contribution < -0.4 is 5.32 Å². The number of aryl methyl sites for hydroxylation is 4. The van der Waals surface area contributed by atoms with Gasteiger partial charge >= 0.3 is 0 Å². The van der Waals surface area contributed by atoms with Crippen molar-refractivity contribution in [3.63, 3.8) is 0 Å². The lowest BCUT2D eigenvalue weighted by Gasteiger charge is -2.33. The molecule has 1 fully saturated rings. The average molecular weight is 434 g/mol. The number of nitrogens with zero attached hydrogens (tertiary/aromatic N) is 4. The molecule has 1 aliphatic heterocycles. The van der Waals surface area contributed by atoms with Crippen LogP contribution >= 0.6 is 0 Å². The summed E-state index contributed by atoms with van der Waals surface area (Å²) < 4.78 is 5.46. The van der Waals surface area contributed by atoms with E-state index in [4.69, 9.17) is 4.52 Å². The first kappa shape index (κ1) is 22.2. The smallest absolute Gasteiger partial charge is 0.241 e. The van der Waals surface area contributed by atoms with E-state index in [2.05, 4.69) is 51.2 Å². The molecular weight excluding hydrogens is 402 g/mol. The fraction of sp³-hybridized carbons (Fsp3) is 0.400. The van der Waals surface area contributed by atoms with Crippen molar-refractivity contribution in [2.75, 3.05) is 38.0 Å². The van der Waals surface area contributed by atoms with Crippen molar-refractivity contribution in [1.82, 2.24) is 19.9 Å². The molecule has 3 aromatic rings. The van der Waals surface area contributed by atoms with Gasteiger partial charge in [0.25, 0.3) is 0 Å². The molecule has 2 aromatic carbocycles. The Balaban J connectivity index is 1.26. The minimum absolute atomic E-state index is 0.0353. The van der Waals surface area contributed by atoms with Crippen molar-refractivity contribution in [2.45, 2.75) is 34.2 Å². The number of anilines is 1. The molecule has 1 saturated heterocycles. The predicted molar refractivity (Wildman–Crippen MR) is 125 cm³/mol. The quantitative estimate of drug-likeness (QED) is 0.639. The van der Waals surface area contributed by atoms with Gasteiger partial charge in [0, 0.05) is 37.4 Å². The van der Waals surface area contributed by atoms with Gasteiger partial charge in [-0.2, -0.15) is 4.98 Å². The number of hydrogen-bond donors (Lipinski definition) is 1. The number of nitrogens with one attached hydrogen (secondary N) is 1. The van der Waals surface area contributed by atoms with Crippen molar-refractivity contribution in [3.8, 4) is 11.4 Å². The summed E-state index contributed by atoms with van der Waals surface area (Å²) in [6.07, 6.45) is 0. The van der Waals surface area contributed by atoms with Crippen LogP contribution in [-0.2, 0) is 11.3 Å². The summed E-state index contributed by atoms with van der Waals surface area (Å²) in [6.45, 7) is 12.6. The van der Waals surface area contributed by atoms with Crippen molar-refractivity contribution in [1.29, 1.82) is 0 Å².